The number of hydrogen-bond acceptors (Lipinski definition) is 6. The topological polar surface area (TPSA) is 67.2 Å². The molecule has 0 saturated carbocycles. The molecule has 0 spiro atoms. The summed E-state index contributed by atoms with van der Waals surface area (Å²) in [6, 6.07) is 16.4. The van der Waals surface area contributed by atoms with Crippen LogP contribution in [0.15, 0.2) is 66.3 Å². The van der Waals surface area contributed by atoms with E-state index in [-0.39, 0.29) is 5.91 Å². The van der Waals surface area contributed by atoms with E-state index in [0.29, 0.717) is 25.2 Å². The van der Waals surface area contributed by atoms with Crippen LogP contribution in [0.25, 0.3) is 21.9 Å². The number of carbonyl (C=O) groups excluding carboxylic acids is 1. The highest BCUT2D eigenvalue weighted by atomic mass is 32.1. The zero-order chi connectivity index (χ0) is 23.8. The van der Waals surface area contributed by atoms with E-state index in [4.69, 9.17) is 4.98 Å². The van der Waals surface area contributed by atoms with Gasteiger partial charge < -0.3 is 4.90 Å². The van der Waals surface area contributed by atoms with Crippen LogP contribution in [0.3, 0.4) is 0 Å². The number of aromatic nitrogens is 4. The minimum absolute atomic E-state index is 0.0580. The third kappa shape index (κ3) is 4.31. The average Bonchev–Trinajstić information content (AvgIpc) is 3.54. The van der Waals surface area contributed by atoms with Crippen molar-refractivity contribution in [1.82, 2.24) is 29.5 Å². The Hall–Kier alpha value is -3.62. The summed E-state index contributed by atoms with van der Waals surface area (Å²) in [5.74, 6) is 0.0580. The van der Waals surface area contributed by atoms with Gasteiger partial charge in [0.2, 0.25) is 0 Å². The first kappa shape index (κ1) is 21.9. The summed E-state index contributed by atoms with van der Waals surface area (Å²) in [5, 5.41) is 8.60. The highest BCUT2D eigenvalue weighted by Gasteiger charge is 2.25. The highest BCUT2D eigenvalue weighted by molar-refractivity contribution is 7.09. The quantitative estimate of drug-likeness (QED) is 0.373. The first-order valence-corrected chi connectivity index (χ1v) is 12.7. The summed E-state index contributed by atoms with van der Waals surface area (Å²) in [7, 11) is 0. The van der Waals surface area contributed by atoms with E-state index in [2.05, 4.69) is 50.7 Å². The van der Waals surface area contributed by atoms with Gasteiger partial charge in [0.25, 0.3) is 5.91 Å². The first-order chi connectivity index (χ1) is 17.2. The number of aryl methyl sites for hydroxylation is 1. The van der Waals surface area contributed by atoms with Crippen LogP contribution in [0.4, 0.5) is 0 Å². The monoisotopic (exact) mass is 482 g/mol. The maximum Gasteiger partial charge on any atom is 0.254 e. The summed E-state index contributed by atoms with van der Waals surface area (Å²) in [6.07, 6.45) is 3.63. The molecular weight excluding hydrogens is 456 g/mol. The summed E-state index contributed by atoms with van der Waals surface area (Å²) in [5.41, 5.74) is 4.58. The molecule has 0 bridgehead atoms. The molecule has 1 aliphatic heterocycles. The number of para-hydroxylation sites is 1. The largest absolute Gasteiger partial charge is 0.336 e. The van der Waals surface area contributed by atoms with Gasteiger partial charge in [0.05, 0.1) is 29.2 Å². The molecule has 8 heteroatoms. The second kappa shape index (κ2) is 9.20. The smallest absolute Gasteiger partial charge is 0.254 e. The van der Waals surface area contributed by atoms with Crippen molar-refractivity contribution in [2.75, 3.05) is 26.2 Å². The lowest BCUT2D eigenvalue weighted by Crippen LogP contribution is -2.48. The fraction of sp³-hybridized carbons (Fsp3) is 0.259. The predicted molar refractivity (Wildman–Crippen MR) is 139 cm³/mol. The molecule has 5 heterocycles. The third-order valence-electron chi connectivity index (χ3n) is 6.62. The van der Waals surface area contributed by atoms with Crippen LogP contribution >= 0.6 is 11.3 Å². The SMILES string of the molecule is Cc1cc(C(=O)N2CCN(Cc3cccc4cccnc34)CC2)c2cnn(Cc3cccs3)c2n1. The summed E-state index contributed by atoms with van der Waals surface area (Å²) in [6.45, 7) is 6.50. The van der Waals surface area contributed by atoms with E-state index in [1.54, 1.807) is 17.5 Å². The summed E-state index contributed by atoms with van der Waals surface area (Å²) in [4.78, 5) is 28.4. The number of piperazine rings is 1. The van der Waals surface area contributed by atoms with Gasteiger partial charge in [-0.05, 0) is 36.1 Å². The van der Waals surface area contributed by atoms with Crippen LogP contribution in [0.2, 0.25) is 0 Å². The van der Waals surface area contributed by atoms with Gasteiger partial charge in [-0.1, -0.05) is 30.3 Å². The molecule has 0 aliphatic carbocycles. The van der Waals surface area contributed by atoms with E-state index in [1.807, 2.05) is 40.9 Å². The predicted octanol–water partition coefficient (Wildman–Crippen LogP) is 4.36. The standard InChI is InChI=1S/C27H26N6OS/c1-19-15-23(24-16-29-33(26(24)30-19)18-22-8-4-14-35-22)27(34)32-12-10-31(11-13-32)17-21-6-2-5-20-7-3-9-28-25(20)21/h2-9,14-16H,10-13,17-18H2,1H3. The van der Waals surface area contributed by atoms with Crippen LogP contribution in [0.1, 0.15) is 26.5 Å². The van der Waals surface area contributed by atoms with E-state index >= 15 is 0 Å². The number of hydrogen-bond donors (Lipinski definition) is 0. The van der Waals surface area contributed by atoms with Gasteiger partial charge in [0.15, 0.2) is 5.65 Å². The number of fused-ring (bicyclic) bond motifs is 2. The Morgan fingerprint density at radius 2 is 1.89 bits per heavy atom. The molecule has 35 heavy (non-hydrogen) atoms. The minimum Gasteiger partial charge on any atom is -0.336 e. The van der Waals surface area contributed by atoms with Crippen molar-refractivity contribution in [2.24, 2.45) is 0 Å². The van der Waals surface area contributed by atoms with Crippen molar-refractivity contribution in [1.29, 1.82) is 0 Å². The molecular formula is C27H26N6OS. The van der Waals surface area contributed by atoms with Crippen LogP contribution in [0.5, 0.6) is 0 Å². The second-order valence-electron chi connectivity index (χ2n) is 8.99. The molecule has 5 aromatic rings. The molecule has 6 rings (SSSR count). The zero-order valence-corrected chi connectivity index (χ0v) is 20.4. The van der Waals surface area contributed by atoms with Gasteiger partial charge in [-0.25, -0.2) is 9.67 Å². The number of benzene rings is 1. The Labute approximate surface area is 207 Å². The molecule has 1 aromatic carbocycles. The molecule has 0 atom stereocenters. The average molecular weight is 483 g/mol. The molecule has 4 aromatic heterocycles. The summed E-state index contributed by atoms with van der Waals surface area (Å²) >= 11 is 1.70. The first-order valence-electron chi connectivity index (χ1n) is 11.9. The molecule has 0 radical (unpaired) electrons. The Morgan fingerprint density at radius 3 is 2.71 bits per heavy atom. The van der Waals surface area contributed by atoms with Crippen molar-refractivity contribution >= 4 is 39.2 Å². The van der Waals surface area contributed by atoms with Crippen molar-refractivity contribution in [3.8, 4) is 0 Å². The summed E-state index contributed by atoms with van der Waals surface area (Å²) < 4.78 is 1.89. The molecule has 0 unspecified atom stereocenters. The number of nitrogens with zero attached hydrogens (tertiary/aromatic N) is 6. The van der Waals surface area contributed by atoms with Crippen LogP contribution in [0, 0.1) is 6.92 Å². The van der Waals surface area contributed by atoms with E-state index in [0.717, 1.165) is 47.3 Å². The number of amides is 1. The van der Waals surface area contributed by atoms with Gasteiger partial charge in [0, 0.05) is 54.9 Å². The van der Waals surface area contributed by atoms with Gasteiger partial charge in [-0.2, -0.15) is 5.10 Å². The molecule has 0 N–H and O–H groups in total. The van der Waals surface area contributed by atoms with Crippen molar-refractivity contribution in [3.63, 3.8) is 0 Å². The normalized spacial score (nSPS) is 14.7. The lowest BCUT2D eigenvalue weighted by molar-refractivity contribution is 0.0630. The van der Waals surface area contributed by atoms with Crippen molar-refractivity contribution < 1.29 is 4.79 Å². The molecule has 1 fully saturated rings. The van der Waals surface area contributed by atoms with Crippen molar-refractivity contribution in [3.05, 3.63) is 88.0 Å². The van der Waals surface area contributed by atoms with Crippen LogP contribution in [-0.2, 0) is 13.1 Å². The fourth-order valence-corrected chi connectivity index (χ4v) is 5.52. The van der Waals surface area contributed by atoms with Crippen LogP contribution in [-0.4, -0.2) is 61.6 Å². The van der Waals surface area contributed by atoms with E-state index in [1.165, 1.54) is 10.4 Å². The Bertz CT molecular complexity index is 1500. The third-order valence-corrected chi connectivity index (χ3v) is 7.48. The lowest BCUT2D eigenvalue weighted by atomic mass is 10.1. The maximum absolute atomic E-state index is 13.6. The molecule has 176 valence electrons. The van der Waals surface area contributed by atoms with Gasteiger partial charge in [-0.3, -0.25) is 14.7 Å². The molecule has 7 nitrogen and oxygen atoms in total. The maximum atomic E-state index is 13.6. The van der Waals surface area contributed by atoms with Crippen molar-refractivity contribution in [2.45, 2.75) is 20.0 Å². The van der Waals surface area contributed by atoms with Gasteiger partial charge >= 0.3 is 0 Å². The van der Waals surface area contributed by atoms with Crippen LogP contribution < -0.4 is 0 Å². The number of thiophene rings is 1. The fourth-order valence-electron chi connectivity index (χ4n) is 4.83. The van der Waals surface area contributed by atoms with E-state index < -0.39 is 0 Å². The minimum atomic E-state index is 0.0580. The number of pyridine rings is 2. The van der Waals surface area contributed by atoms with Gasteiger partial charge in [0.1, 0.15) is 0 Å². The highest BCUT2D eigenvalue weighted by Crippen LogP contribution is 2.23. The Kier molecular flexibility index (Phi) is 5.75. The molecule has 1 saturated heterocycles. The Morgan fingerprint density at radius 1 is 1.03 bits per heavy atom. The molecule has 1 amide bonds. The molecule has 1 aliphatic rings. The second-order valence-corrected chi connectivity index (χ2v) is 10.0. The zero-order valence-electron chi connectivity index (χ0n) is 19.6. The number of rotatable bonds is 5. The number of carbonyl (C=O) groups is 1. The Balaban J connectivity index is 1.18. The van der Waals surface area contributed by atoms with Gasteiger partial charge in [-0.15, -0.1) is 11.3 Å². The lowest BCUT2D eigenvalue weighted by Gasteiger charge is -2.35. The van der Waals surface area contributed by atoms with E-state index in [9.17, 15) is 4.79 Å².